The summed E-state index contributed by atoms with van der Waals surface area (Å²) < 4.78 is 0. The fraction of sp³-hybridized carbons (Fsp3) is 0.350. The number of rotatable bonds is 3. The Balaban J connectivity index is 1.78. The van der Waals surface area contributed by atoms with Gasteiger partial charge in [-0.1, -0.05) is 30.3 Å². The Labute approximate surface area is 143 Å². The topological polar surface area (TPSA) is 35.6 Å². The molecule has 2 heterocycles. The number of carbonyl (C=O) groups excluding carboxylic acids is 1. The number of nitrogens with zero attached hydrogens (tertiary/aromatic N) is 2. The van der Waals surface area contributed by atoms with E-state index >= 15 is 0 Å². The lowest BCUT2D eigenvalue weighted by molar-refractivity contribution is -0.105. The Morgan fingerprint density at radius 3 is 2.42 bits per heavy atom. The molecule has 0 radical (unpaired) electrons. The van der Waals surface area contributed by atoms with E-state index in [2.05, 4.69) is 52.5 Å². The van der Waals surface area contributed by atoms with Crippen molar-refractivity contribution in [3.05, 3.63) is 54.1 Å². The Kier molecular flexibility index (Phi) is 3.77. The van der Waals surface area contributed by atoms with Crippen LogP contribution < -0.4 is 10.2 Å². The third-order valence-electron chi connectivity index (χ3n) is 5.58. The first-order chi connectivity index (χ1) is 11.7. The van der Waals surface area contributed by atoms with Crippen LogP contribution in [0.5, 0.6) is 0 Å². The molecule has 2 aliphatic rings. The second-order valence-corrected chi connectivity index (χ2v) is 6.97. The Hall–Kier alpha value is -2.33. The van der Waals surface area contributed by atoms with Gasteiger partial charge in [-0.15, -0.1) is 0 Å². The highest BCUT2D eigenvalue weighted by atomic mass is 16.1. The van der Waals surface area contributed by atoms with Crippen molar-refractivity contribution in [3.8, 4) is 0 Å². The molecule has 0 atom stereocenters. The number of likely N-dealkylation sites (tertiary alicyclic amines) is 1. The van der Waals surface area contributed by atoms with Gasteiger partial charge < -0.3 is 15.1 Å². The standard InChI is InChI=1S/C20H23N3O/c1-22-12-10-20(11-13-22)14-23(18-8-4-2-6-16(18)20)19-9-5-3-7-17(19)21-15-24/h2-9,15H,10-14H2,1H3,(H,21,24). The van der Waals surface area contributed by atoms with Crippen molar-refractivity contribution in [1.29, 1.82) is 0 Å². The van der Waals surface area contributed by atoms with Crippen molar-refractivity contribution in [2.24, 2.45) is 0 Å². The van der Waals surface area contributed by atoms with Crippen molar-refractivity contribution >= 4 is 23.5 Å². The van der Waals surface area contributed by atoms with Crippen LogP contribution in [0.1, 0.15) is 18.4 Å². The smallest absolute Gasteiger partial charge is 0.211 e. The summed E-state index contributed by atoms with van der Waals surface area (Å²) in [5.74, 6) is 0. The molecule has 0 saturated carbocycles. The number of nitrogens with one attached hydrogen (secondary N) is 1. The van der Waals surface area contributed by atoms with Gasteiger partial charge in [0.2, 0.25) is 6.41 Å². The molecule has 1 N–H and O–H groups in total. The summed E-state index contributed by atoms with van der Waals surface area (Å²) in [5, 5.41) is 2.85. The Bertz CT molecular complexity index is 750. The molecular weight excluding hydrogens is 298 g/mol. The summed E-state index contributed by atoms with van der Waals surface area (Å²) in [7, 11) is 2.20. The predicted molar refractivity (Wildman–Crippen MR) is 98.0 cm³/mol. The number of para-hydroxylation sites is 3. The summed E-state index contributed by atoms with van der Waals surface area (Å²) in [6.45, 7) is 3.25. The lowest BCUT2D eigenvalue weighted by Gasteiger charge is -2.38. The highest BCUT2D eigenvalue weighted by molar-refractivity contribution is 5.86. The van der Waals surface area contributed by atoms with E-state index in [0.717, 1.165) is 37.4 Å². The first kappa shape index (κ1) is 15.2. The molecule has 4 nitrogen and oxygen atoms in total. The van der Waals surface area contributed by atoms with Crippen molar-refractivity contribution < 1.29 is 4.79 Å². The maximum atomic E-state index is 11.0. The third-order valence-corrected chi connectivity index (χ3v) is 5.58. The van der Waals surface area contributed by atoms with Gasteiger partial charge in [-0.2, -0.15) is 0 Å². The molecule has 0 aliphatic carbocycles. The molecule has 24 heavy (non-hydrogen) atoms. The van der Waals surface area contributed by atoms with Gasteiger partial charge in [0.25, 0.3) is 0 Å². The molecule has 124 valence electrons. The van der Waals surface area contributed by atoms with Gasteiger partial charge in [0.05, 0.1) is 11.4 Å². The van der Waals surface area contributed by atoms with E-state index in [9.17, 15) is 4.79 Å². The van der Waals surface area contributed by atoms with Crippen LogP contribution in [0.25, 0.3) is 0 Å². The number of benzene rings is 2. The maximum Gasteiger partial charge on any atom is 0.211 e. The molecule has 1 amide bonds. The van der Waals surface area contributed by atoms with E-state index in [4.69, 9.17) is 0 Å². The van der Waals surface area contributed by atoms with Gasteiger partial charge in [-0.3, -0.25) is 4.79 Å². The van der Waals surface area contributed by atoms with Gasteiger partial charge in [0, 0.05) is 17.6 Å². The maximum absolute atomic E-state index is 11.0. The number of fused-ring (bicyclic) bond motifs is 2. The first-order valence-corrected chi connectivity index (χ1v) is 8.58. The fourth-order valence-corrected chi connectivity index (χ4v) is 4.21. The summed E-state index contributed by atoms with van der Waals surface area (Å²) in [5.41, 5.74) is 4.90. The number of carbonyl (C=O) groups is 1. The van der Waals surface area contributed by atoms with Gasteiger partial charge in [0.15, 0.2) is 0 Å². The minimum absolute atomic E-state index is 0.220. The second-order valence-electron chi connectivity index (χ2n) is 6.97. The molecule has 4 heteroatoms. The molecule has 0 aromatic heterocycles. The first-order valence-electron chi connectivity index (χ1n) is 8.58. The van der Waals surface area contributed by atoms with Gasteiger partial charge in [-0.05, 0) is 56.7 Å². The Morgan fingerprint density at radius 2 is 1.67 bits per heavy atom. The largest absolute Gasteiger partial charge is 0.339 e. The lowest BCUT2D eigenvalue weighted by Crippen LogP contribution is -2.43. The summed E-state index contributed by atoms with van der Waals surface area (Å²) in [6.07, 6.45) is 3.12. The lowest BCUT2D eigenvalue weighted by atomic mass is 9.74. The van der Waals surface area contributed by atoms with Gasteiger partial charge in [-0.25, -0.2) is 0 Å². The molecule has 2 aromatic rings. The number of amides is 1. The van der Waals surface area contributed by atoms with Crippen LogP contribution >= 0.6 is 0 Å². The quantitative estimate of drug-likeness (QED) is 0.881. The minimum atomic E-state index is 0.220. The van der Waals surface area contributed by atoms with Crippen molar-refractivity contribution in [3.63, 3.8) is 0 Å². The normalized spacial score (nSPS) is 19.3. The summed E-state index contributed by atoms with van der Waals surface area (Å²) in [4.78, 5) is 15.8. The van der Waals surface area contributed by atoms with Crippen molar-refractivity contribution in [1.82, 2.24) is 4.90 Å². The third kappa shape index (κ3) is 2.38. The van der Waals surface area contributed by atoms with Crippen LogP contribution in [0.15, 0.2) is 48.5 Å². The van der Waals surface area contributed by atoms with Crippen LogP contribution in [-0.4, -0.2) is 38.0 Å². The molecule has 0 bridgehead atoms. The van der Waals surface area contributed by atoms with Crippen LogP contribution in [-0.2, 0) is 10.2 Å². The van der Waals surface area contributed by atoms with E-state index in [-0.39, 0.29) is 5.41 Å². The molecule has 4 rings (SSSR count). The molecule has 1 spiro atoms. The van der Waals surface area contributed by atoms with E-state index < -0.39 is 0 Å². The molecule has 2 aromatic carbocycles. The highest BCUT2D eigenvalue weighted by Crippen LogP contribution is 2.50. The summed E-state index contributed by atoms with van der Waals surface area (Å²) >= 11 is 0. The van der Waals surface area contributed by atoms with Crippen molar-refractivity contribution in [2.75, 3.05) is 36.9 Å². The monoisotopic (exact) mass is 321 g/mol. The zero-order valence-corrected chi connectivity index (χ0v) is 14.0. The van der Waals surface area contributed by atoms with E-state index in [1.54, 1.807) is 0 Å². The average molecular weight is 321 g/mol. The predicted octanol–water partition coefficient (Wildman–Crippen LogP) is 3.37. The average Bonchev–Trinajstić information content (AvgIpc) is 2.93. The number of hydrogen-bond acceptors (Lipinski definition) is 3. The van der Waals surface area contributed by atoms with Crippen LogP contribution in [0, 0.1) is 0 Å². The number of hydrogen-bond donors (Lipinski definition) is 1. The fourth-order valence-electron chi connectivity index (χ4n) is 4.21. The molecule has 0 unspecified atom stereocenters. The number of piperidine rings is 1. The van der Waals surface area contributed by atoms with Gasteiger partial charge >= 0.3 is 0 Å². The highest BCUT2D eigenvalue weighted by Gasteiger charge is 2.44. The van der Waals surface area contributed by atoms with E-state index in [0.29, 0.717) is 0 Å². The van der Waals surface area contributed by atoms with Gasteiger partial charge in [0.1, 0.15) is 0 Å². The zero-order valence-electron chi connectivity index (χ0n) is 14.0. The molecule has 1 fully saturated rings. The summed E-state index contributed by atoms with van der Waals surface area (Å²) in [6, 6.07) is 16.8. The minimum Gasteiger partial charge on any atom is -0.339 e. The SMILES string of the molecule is CN1CCC2(CC1)CN(c1ccccc1NC=O)c1ccccc12. The van der Waals surface area contributed by atoms with E-state index in [1.807, 2.05) is 18.2 Å². The van der Waals surface area contributed by atoms with Crippen LogP contribution in [0.2, 0.25) is 0 Å². The van der Waals surface area contributed by atoms with Crippen molar-refractivity contribution in [2.45, 2.75) is 18.3 Å². The number of anilines is 3. The van der Waals surface area contributed by atoms with E-state index in [1.165, 1.54) is 24.1 Å². The second kappa shape index (κ2) is 5.95. The molecule has 1 saturated heterocycles. The molecule has 2 aliphatic heterocycles. The van der Waals surface area contributed by atoms with Crippen LogP contribution in [0.4, 0.5) is 17.1 Å². The zero-order chi connectivity index (χ0) is 16.6. The Morgan fingerprint density at radius 1 is 1.00 bits per heavy atom. The molecular formula is C20H23N3O. The van der Waals surface area contributed by atoms with Crippen LogP contribution in [0.3, 0.4) is 0 Å².